The van der Waals surface area contributed by atoms with Crippen LogP contribution < -0.4 is 0 Å². The van der Waals surface area contributed by atoms with Gasteiger partial charge in [-0.05, 0) is 24.1 Å². The maximum atomic E-state index is 10.1. The number of hydrogen-bond donors (Lipinski definition) is 1. The van der Waals surface area contributed by atoms with Crippen LogP contribution in [0.3, 0.4) is 0 Å². The van der Waals surface area contributed by atoms with Crippen molar-refractivity contribution in [2.24, 2.45) is 0 Å². The molecule has 2 rings (SSSR count). The number of nitrogens with zero attached hydrogens (tertiary/aromatic N) is 1. The van der Waals surface area contributed by atoms with E-state index in [1.54, 1.807) is 17.5 Å². The van der Waals surface area contributed by atoms with Crippen LogP contribution in [0.1, 0.15) is 22.2 Å². The Hall–Kier alpha value is -0.710. The first-order chi connectivity index (χ1) is 7.68. The molecule has 1 atom stereocenters. The lowest BCUT2D eigenvalue weighted by Crippen LogP contribution is -2.03. The summed E-state index contributed by atoms with van der Waals surface area (Å²) in [5.74, 6) is 0. The number of rotatable bonds is 3. The average Bonchev–Trinajstić information content (AvgIpc) is 2.74. The Morgan fingerprint density at radius 3 is 3.00 bits per heavy atom. The van der Waals surface area contributed by atoms with Crippen LogP contribution in [0.2, 0.25) is 0 Å². The van der Waals surface area contributed by atoms with Gasteiger partial charge < -0.3 is 5.11 Å². The number of aliphatic hydroxyl groups is 1. The number of halogens is 1. The van der Waals surface area contributed by atoms with Crippen molar-refractivity contribution >= 4 is 27.3 Å². The molecule has 2 nitrogen and oxygen atoms in total. The van der Waals surface area contributed by atoms with Gasteiger partial charge in [0.1, 0.15) is 0 Å². The van der Waals surface area contributed by atoms with E-state index in [1.807, 2.05) is 30.5 Å². The monoisotopic (exact) mass is 297 g/mol. The Balaban J connectivity index is 2.21. The highest BCUT2D eigenvalue weighted by Crippen LogP contribution is 2.27. The second-order valence-electron chi connectivity index (χ2n) is 3.60. The summed E-state index contributed by atoms with van der Waals surface area (Å²) in [6, 6.07) is 5.88. The van der Waals surface area contributed by atoms with Crippen molar-refractivity contribution in [1.29, 1.82) is 0 Å². The molecule has 84 valence electrons. The second-order valence-corrected chi connectivity index (χ2v) is 5.43. The van der Waals surface area contributed by atoms with Crippen LogP contribution in [0.15, 0.2) is 34.2 Å². The van der Waals surface area contributed by atoms with Crippen LogP contribution in [-0.4, -0.2) is 10.1 Å². The Bertz CT molecular complexity index is 470. The van der Waals surface area contributed by atoms with E-state index in [4.69, 9.17) is 0 Å². The molecular formula is C12H12BrNOS. The first-order valence-corrected chi connectivity index (χ1v) is 6.67. The highest BCUT2D eigenvalue weighted by Gasteiger charge is 2.13. The Kier molecular flexibility index (Phi) is 3.74. The molecule has 0 amide bonds. The second kappa shape index (κ2) is 5.08. The average molecular weight is 298 g/mol. The largest absolute Gasteiger partial charge is 0.388 e. The topological polar surface area (TPSA) is 33.1 Å². The number of benzene rings is 1. The van der Waals surface area contributed by atoms with Gasteiger partial charge in [-0.2, -0.15) is 0 Å². The molecule has 2 aromatic rings. The lowest BCUT2D eigenvalue weighted by molar-refractivity contribution is 0.177. The molecule has 1 aromatic heterocycles. The standard InChI is InChI=1S/C12H12BrNOS/c1-8-9(3-2-4-10(8)13)11(15)7-12-14-5-6-16-12/h2-6,11,15H,7H2,1H3. The molecule has 4 heteroatoms. The number of hydrogen-bond acceptors (Lipinski definition) is 3. The lowest BCUT2D eigenvalue weighted by Gasteiger charge is -2.13. The SMILES string of the molecule is Cc1c(Br)cccc1C(O)Cc1nccs1. The molecule has 0 spiro atoms. The van der Waals surface area contributed by atoms with Crippen LogP contribution in [0.4, 0.5) is 0 Å². The molecule has 0 fully saturated rings. The van der Waals surface area contributed by atoms with Crippen molar-refractivity contribution in [3.05, 3.63) is 50.4 Å². The van der Waals surface area contributed by atoms with Crippen molar-refractivity contribution in [3.63, 3.8) is 0 Å². The van der Waals surface area contributed by atoms with Crippen LogP contribution in [0, 0.1) is 6.92 Å². The van der Waals surface area contributed by atoms with Crippen LogP contribution in [0.25, 0.3) is 0 Å². The van der Waals surface area contributed by atoms with E-state index in [0.29, 0.717) is 6.42 Å². The van der Waals surface area contributed by atoms with Crippen molar-refractivity contribution < 1.29 is 5.11 Å². The summed E-state index contributed by atoms with van der Waals surface area (Å²) in [7, 11) is 0. The van der Waals surface area contributed by atoms with Gasteiger partial charge in [-0.25, -0.2) is 4.98 Å². The zero-order valence-corrected chi connectivity index (χ0v) is 11.3. The first kappa shape index (κ1) is 11.8. The van der Waals surface area contributed by atoms with Gasteiger partial charge in [0.05, 0.1) is 11.1 Å². The van der Waals surface area contributed by atoms with Crippen molar-refractivity contribution in [2.75, 3.05) is 0 Å². The molecule has 1 aromatic carbocycles. The minimum absolute atomic E-state index is 0.483. The van der Waals surface area contributed by atoms with Crippen LogP contribution >= 0.6 is 27.3 Å². The molecule has 1 N–H and O–H groups in total. The third-order valence-corrected chi connectivity index (χ3v) is 4.18. The molecule has 1 unspecified atom stereocenters. The van der Waals surface area contributed by atoms with Gasteiger partial charge in [0.2, 0.25) is 0 Å². The molecule has 0 aliphatic heterocycles. The maximum absolute atomic E-state index is 10.1. The molecule has 0 bridgehead atoms. The normalized spacial score (nSPS) is 12.7. The Morgan fingerprint density at radius 2 is 2.31 bits per heavy atom. The van der Waals surface area contributed by atoms with E-state index in [-0.39, 0.29) is 0 Å². The van der Waals surface area contributed by atoms with Gasteiger partial charge in [0, 0.05) is 22.5 Å². The van der Waals surface area contributed by atoms with Gasteiger partial charge in [0.15, 0.2) is 0 Å². The van der Waals surface area contributed by atoms with E-state index in [2.05, 4.69) is 20.9 Å². The van der Waals surface area contributed by atoms with Gasteiger partial charge in [-0.3, -0.25) is 0 Å². The molecule has 0 saturated heterocycles. The predicted octanol–water partition coefficient (Wildman–Crippen LogP) is 3.49. The smallest absolute Gasteiger partial charge is 0.0954 e. The third kappa shape index (κ3) is 2.51. The summed E-state index contributed by atoms with van der Waals surface area (Å²) in [4.78, 5) is 4.18. The Labute approximate surface area is 107 Å². The van der Waals surface area contributed by atoms with Gasteiger partial charge in [0.25, 0.3) is 0 Å². The highest BCUT2D eigenvalue weighted by atomic mass is 79.9. The number of aliphatic hydroxyl groups excluding tert-OH is 1. The van der Waals surface area contributed by atoms with Crippen molar-refractivity contribution in [2.45, 2.75) is 19.4 Å². The molecular weight excluding hydrogens is 286 g/mol. The lowest BCUT2D eigenvalue weighted by atomic mass is 10.0. The molecule has 0 aliphatic rings. The summed E-state index contributed by atoms with van der Waals surface area (Å²) in [5, 5.41) is 13.0. The number of aromatic nitrogens is 1. The molecule has 0 saturated carbocycles. The predicted molar refractivity (Wildman–Crippen MR) is 69.7 cm³/mol. The molecule has 1 heterocycles. The zero-order chi connectivity index (χ0) is 11.5. The van der Waals surface area contributed by atoms with Crippen LogP contribution in [0.5, 0.6) is 0 Å². The third-order valence-electron chi connectivity index (χ3n) is 2.52. The minimum atomic E-state index is -0.483. The van der Waals surface area contributed by atoms with Gasteiger partial charge >= 0.3 is 0 Å². The zero-order valence-electron chi connectivity index (χ0n) is 8.85. The summed E-state index contributed by atoms with van der Waals surface area (Å²) >= 11 is 5.04. The van der Waals surface area contributed by atoms with Gasteiger partial charge in [-0.15, -0.1) is 11.3 Å². The summed E-state index contributed by atoms with van der Waals surface area (Å²) in [5.41, 5.74) is 2.05. The number of thiazole rings is 1. The first-order valence-electron chi connectivity index (χ1n) is 5.00. The quantitative estimate of drug-likeness (QED) is 0.941. The molecule has 16 heavy (non-hydrogen) atoms. The van der Waals surface area contributed by atoms with Crippen molar-refractivity contribution in [3.8, 4) is 0 Å². The summed E-state index contributed by atoms with van der Waals surface area (Å²) in [6.07, 6.45) is 1.86. The summed E-state index contributed by atoms with van der Waals surface area (Å²) < 4.78 is 1.03. The van der Waals surface area contributed by atoms with E-state index >= 15 is 0 Å². The van der Waals surface area contributed by atoms with Crippen LogP contribution in [-0.2, 0) is 6.42 Å². The Morgan fingerprint density at radius 1 is 1.50 bits per heavy atom. The minimum Gasteiger partial charge on any atom is -0.388 e. The van der Waals surface area contributed by atoms with E-state index in [1.165, 1.54) is 0 Å². The molecule has 0 aliphatic carbocycles. The summed E-state index contributed by atoms with van der Waals surface area (Å²) in [6.45, 7) is 2.00. The van der Waals surface area contributed by atoms with E-state index < -0.39 is 6.10 Å². The van der Waals surface area contributed by atoms with E-state index in [9.17, 15) is 5.11 Å². The van der Waals surface area contributed by atoms with Crippen molar-refractivity contribution in [1.82, 2.24) is 4.98 Å². The maximum Gasteiger partial charge on any atom is 0.0954 e. The fourth-order valence-electron chi connectivity index (χ4n) is 1.61. The fourth-order valence-corrected chi connectivity index (χ4v) is 2.65. The fraction of sp³-hybridized carbons (Fsp3) is 0.250. The molecule has 0 radical (unpaired) electrons. The van der Waals surface area contributed by atoms with Gasteiger partial charge in [-0.1, -0.05) is 28.1 Å². The highest BCUT2D eigenvalue weighted by molar-refractivity contribution is 9.10. The van der Waals surface area contributed by atoms with E-state index in [0.717, 1.165) is 20.6 Å².